The van der Waals surface area contributed by atoms with Gasteiger partial charge in [0.15, 0.2) is 0 Å². The Morgan fingerprint density at radius 2 is 1.46 bits per heavy atom. The molecule has 0 saturated heterocycles. The summed E-state index contributed by atoms with van der Waals surface area (Å²) in [5.41, 5.74) is 3.21. The van der Waals surface area contributed by atoms with Crippen LogP contribution in [0, 0.1) is 0 Å². The SMILES string of the molecule is O=C(N[C@@H](Cc1ccccc1)C(=O)NCCOc1ccc(C2CCCCC2)cc1)OCc1ccccc1. The summed E-state index contributed by atoms with van der Waals surface area (Å²) in [4.78, 5) is 25.4. The zero-order chi connectivity index (χ0) is 25.7. The number of rotatable bonds is 11. The normalized spacial score (nSPS) is 14.4. The van der Waals surface area contributed by atoms with Crippen molar-refractivity contribution in [1.82, 2.24) is 10.6 Å². The molecule has 0 bridgehead atoms. The number of alkyl carbamates (subject to hydrolysis) is 1. The predicted octanol–water partition coefficient (Wildman–Crippen LogP) is 5.77. The lowest BCUT2D eigenvalue weighted by Crippen LogP contribution is -2.48. The molecule has 194 valence electrons. The summed E-state index contributed by atoms with van der Waals surface area (Å²) < 4.78 is 11.2. The van der Waals surface area contributed by atoms with Gasteiger partial charge in [0, 0.05) is 6.42 Å². The molecule has 6 heteroatoms. The average Bonchev–Trinajstić information content (AvgIpc) is 2.96. The van der Waals surface area contributed by atoms with Gasteiger partial charge in [-0.15, -0.1) is 0 Å². The first kappa shape index (κ1) is 26.3. The number of benzene rings is 3. The van der Waals surface area contributed by atoms with Crippen molar-refractivity contribution in [1.29, 1.82) is 0 Å². The van der Waals surface area contributed by atoms with Gasteiger partial charge in [-0.1, -0.05) is 92.1 Å². The van der Waals surface area contributed by atoms with Gasteiger partial charge in [0.2, 0.25) is 5.91 Å². The Kier molecular flexibility index (Phi) is 9.99. The summed E-state index contributed by atoms with van der Waals surface area (Å²) in [5, 5.41) is 5.60. The Labute approximate surface area is 219 Å². The van der Waals surface area contributed by atoms with Gasteiger partial charge in [-0.2, -0.15) is 0 Å². The van der Waals surface area contributed by atoms with Crippen molar-refractivity contribution >= 4 is 12.0 Å². The molecule has 0 heterocycles. The number of nitrogens with one attached hydrogen (secondary N) is 2. The van der Waals surface area contributed by atoms with E-state index in [0.717, 1.165) is 16.9 Å². The van der Waals surface area contributed by atoms with Crippen LogP contribution in [-0.4, -0.2) is 31.2 Å². The summed E-state index contributed by atoms with van der Waals surface area (Å²) in [7, 11) is 0. The summed E-state index contributed by atoms with van der Waals surface area (Å²) in [6.07, 6.45) is 6.24. The number of hydrogen-bond donors (Lipinski definition) is 2. The molecule has 6 nitrogen and oxygen atoms in total. The van der Waals surface area contributed by atoms with Crippen molar-refractivity contribution in [3.05, 3.63) is 102 Å². The molecular formula is C31H36N2O4. The van der Waals surface area contributed by atoms with Crippen LogP contribution in [0.1, 0.15) is 54.7 Å². The van der Waals surface area contributed by atoms with Gasteiger partial charge in [-0.25, -0.2) is 4.79 Å². The predicted molar refractivity (Wildman–Crippen MR) is 144 cm³/mol. The van der Waals surface area contributed by atoms with Gasteiger partial charge in [0.05, 0.1) is 6.54 Å². The summed E-state index contributed by atoms with van der Waals surface area (Å²) >= 11 is 0. The first-order chi connectivity index (χ1) is 18.2. The summed E-state index contributed by atoms with van der Waals surface area (Å²) in [6, 6.07) is 26.6. The quantitative estimate of drug-likeness (QED) is 0.328. The van der Waals surface area contributed by atoms with E-state index in [0.29, 0.717) is 25.5 Å². The number of amides is 2. The Balaban J connectivity index is 1.25. The lowest BCUT2D eigenvalue weighted by molar-refractivity contribution is -0.123. The van der Waals surface area contributed by atoms with Gasteiger partial charge in [-0.05, 0) is 47.6 Å². The van der Waals surface area contributed by atoms with Crippen LogP contribution in [0.25, 0.3) is 0 Å². The van der Waals surface area contributed by atoms with Crippen LogP contribution >= 0.6 is 0 Å². The van der Waals surface area contributed by atoms with E-state index in [1.807, 2.05) is 72.8 Å². The Hall–Kier alpha value is -3.80. The minimum Gasteiger partial charge on any atom is -0.492 e. The van der Waals surface area contributed by atoms with E-state index < -0.39 is 12.1 Å². The number of carbonyl (C=O) groups excluding carboxylic acids is 2. The largest absolute Gasteiger partial charge is 0.492 e. The molecule has 1 saturated carbocycles. The minimum absolute atomic E-state index is 0.139. The second kappa shape index (κ2) is 14.1. The molecule has 3 aromatic rings. The molecule has 37 heavy (non-hydrogen) atoms. The van der Waals surface area contributed by atoms with Crippen molar-refractivity contribution < 1.29 is 19.1 Å². The van der Waals surface area contributed by atoms with Crippen LogP contribution in [-0.2, 0) is 22.6 Å². The average molecular weight is 501 g/mol. The molecule has 2 N–H and O–H groups in total. The first-order valence-corrected chi connectivity index (χ1v) is 13.2. The third-order valence-corrected chi connectivity index (χ3v) is 6.73. The van der Waals surface area contributed by atoms with Crippen LogP contribution in [0.3, 0.4) is 0 Å². The van der Waals surface area contributed by atoms with Crippen LogP contribution < -0.4 is 15.4 Å². The van der Waals surface area contributed by atoms with Crippen molar-refractivity contribution in [2.45, 2.75) is 57.1 Å². The van der Waals surface area contributed by atoms with Crippen molar-refractivity contribution in [3.8, 4) is 5.75 Å². The van der Waals surface area contributed by atoms with Gasteiger partial charge in [0.25, 0.3) is 0 Å². The molecule has 2 amide bonds. The summed E-state index contributed by atoms with van der Waals surface area (Å²) in [5.74, 6) is 1.17. The molecule has 1 aliphatic carbocycles. The molecule has 1 atom stereocenters. The highest BCUT2D eigenvalue weighted by atomic mass is 16.5. The maximum absolute atomic E-state index is 13.0. The van der Waals surface area contributed by atoms with E-state index in [1.165, 1.54) is 37.7 Å². The van der Waals surface area contributed by atoms with Crippen LogP contribution in [0.15, 0.2) is 84.9 Å². The van der Waals surface area contributed by atoms with Crippen molar-refractivity contribution in [3.63, 3.8) is 0 Å². The van der Waals surface area contributed by atoms with Gasteiger partial charge >= 0.3 is 6.09 Å². The molecule has 1 aliphatic rings. The molecule has 0 radical (unpaired) electrons. The second-order valence-electron chi connectivity index (χ2n) is 9.49. The van der Waals surface area contributed by atoms with Crippen LogP contribution in [0.4, 0.5) is 4.79 Å². The Morgan fingerprint density at radius 1 is 0.811 bits per heavy atom. The second-order valence-corrected chi connectivity index (χ2v) is 9.49. The van der Waals surface area contributed by atoms with E-state index in [2.05, 4.69) is 22.8 Å². The fourth-order valence-electron chi connectivity index (χ4n) is 4.70. The smallest absolute Gasteiger partial charge is 0.408 e. The summed E-state index contributed by atoms with van der Waals surface area (Å²) in [6.45, 7) is 0.806. The highest BCUT2D eigenvalue weighted by Gasteiger charge is 2.22. The minimum atomic E-state index is -0.763. The molecule has 1 fully saturated rings. The Bertz CT molecular complexity index is 1100. The number of ether oxygens (including phenoxy) is 2. The van der Waals surface area contributed by atoms with Gasteiger partial charge in [0.1, 0.15) is 25.0 Å². The zero-order valence-electron chi connectivity index (χ0n) is 21.2. The molecule has 4 rings (SSSR count). The first-order valence-electron chi connectivity index (χ1n) is 13.2. The fourth-order valence-corrected chi connectivity index (χ4v) is 4.70. The zero-order valence-corrected chi connectivity index (χ0v) is 21.2. The lowest BCUT2D eigenvalue weighted by atomic mass is 9.84. The maximum atomic E-state index is 13.0. The molecule has 0 spiro atoms. The van der Waals surface area contributed by atoms with Crippen LogP contribution in [0.5, 0.6) is 5.75 Å². The van der Waals surface area contributed by atoms with E-state index in [1.54, 1.807) is 0 Å². The third-order valence-electron chi connectivity index (χ3n) is 6.73. The van der Waals surface area contributed by atoms with E-state index >= 15 is 0 Å². The fraction of sp³-hybridized carbons (Fsp3) is 0.355. The topological polar surface area (TPSA) is 76.7 Å². The van der Waals surface area contributed by atoms with E-state index in [-0.39, 0.29) is 12.5 Å². The molecule has 3 aromatic carbocycles. The van der Waals surface area contributed by atoms with Gasteiger partial charge in [-0.3, -0.25) is 4.79 Å². The third kappa shape index (κ3) is 8.67. The number of hydrogen-bond acceptors (Lipinski definition) is 4. The maximum Gasteiger partial charge on any atom is 0.408 e. The molecule has 0 aromatic heterocycles. The highest BCUT2D eigenvalue weighted by molar-refractivity contribution is 5.85. The van der Waals surface area contributed by atoms with E-state index in [4.69, 9.17) is 9.47 Å². The monoisotopic (exact) mass is 500 g/mol. The van der Waals surface area contributed by atoms with Crippen molar-refractivity contribution in [2.75, 3.05) is 13.2 Å². The van der Waals surface area contributed by atoms with Gasteiger partial charge < -0.3 is 20.1 Å². The molecule has 0 unspecified atom stereocenters. The Morgan fingerprint density at radius 3 is 2.14 bits per heavy atom. The van der Waals surface area contributed by atoms with E-state index in [9.17, 15) is 9.59 Å². The van der Waals surface area contributed by atoms with Crippen molar-refractivity contribution in [2.24, 2.45) is 0 Å². The lowest BCUT2D eigenvalue weighted by Gasteiger charge is -2.22. The van der Waals surface area contributed by atoms with Crippen LogP contribution in [0.2, 0.25) is 0 Å². The number of carbonyl (C=O) groups is 2. The highest BCUT2D eigenvalue weighted by Crippen LogP contribution is 2.33. The molecule has 0 aliphatic heterocycles. The standard InChI is InChI=1S/C31H36N2O4/c34-30(32-20-21-36-28-18-16-27(17-19-28)26-14-8-3-9-15-26)29(22-24-10-4-1-5-11-24)33-31(35)37-23-25-12-6-2-7-13-25/h1-2,4-7,10-13,16-19,26,29H,3,8-9,14-15,20-23H2,(H,32,34)(H,33,35)/t29-/m0/s1. The molecular weight excluding hydrogens is 464 g/mol.